The van der Waals surface area contributed by atoms with Gasteiger partial charge in [-0.25, -0.2) is 0 Å². The zero-order valence-electron chi connectivity index (χ0n) is 14.7. The molecule has 1 aromatic carbocycles. The zero-order valence-corrected chi connectivity index (χ0v) is 14.7. The minimum absolute atomic E-state index is 0.184. The van der Waals surface area contributed by atoms with Crippen LogP contribution in [0.4, 0.5) is 0 Å². The molecule has 1 amide bonds. The number of methoxy groups -OCH3 is 1. The fraction of sp³-hybridized carbons (Fsp3) is 0.650. The molecule has 0 heterocycles. The molecule has 0 saturated heterocycles. The lowest BCUT2D eigenvalue weighted by Gasteiger charge is -2.36. The molecule has 3 unspecified atom stereocenters. The Balaban J connectivity index is 1.59. The number of fused-ring (bicyclic) bond motifs is 2. The van der Waals surface area contributed by atoms with Gasteiger partial charge in [-0.2, -0.15) is 0 Å². The molecular weight excluding hydrogens is 300 g/mol. The van der Waals surface area contributed by atoms with Gasteiger partial charge in [0.05, 0.1) is 12.0 Å². The van der Waals surface area contributed by atoms with Crippen LogP contribution in [0.15, 0.2) is 30.3 Å². The van der Waals surface area contributed by atoms with E-state index in [1.165, 1.54) is 24.8 Å². The highest BCUT2D eigenvalue weighted by Crippen LogP contribution is 2.57. The number of ether oxygens (including phenoxy) is 1. The highest BCUT2D eigenvalue weighted by Gasteiger charge is 2.55. The summed E-state index contributed by atoms with van der Waals surface area (Å²) < 4.78 is 5.02. The summed E-state index contributed by atoms with van der Waals surface area (Å²) >= 11 is 0. The van der Waals surface area contributed by atoms with Gasteiger partial charge in [0.15, 0.2) is 0 Å². The van der Waals surface area contributed by atoms with E-state index in [-0.39, 0.29) is 11.3 Å². The first-order valence-electron chi connectivity index (χ1n) is 9.26. The van der Waals surface area contributed by atoms with E-state index in [1.807, 2.05) is 6.07 Å². The van der Waals surface area contributed by atoms with E-state index in [2.05, 4.69) is 34.9 Å². The molecule has 4 heteroatoms. The molecule has 132 valence electrons. The number of benzene rings is 1. The molecule has 0 radical (unpaired) electrons. The Morgan fingerprint density at radius 2 is 2.04 bits per heavy atom. The van der Waals surface area contributed by atoms with Gasteiger partial charge in [-0.05, 0) is 43.1 Å². The molecule has 0 spiro atoms. The van der Waals surface area contributed by atoms with Gasteiger partial charge in [-0.3, -0.25) is 4.79 Å². The van der Waals surface area contributed by atoms with Gasteiger partial charge in [0.25, 0.3) is 0 Å². The van der Waals surface area contributed by atoms with Crippen molar-refractivity contribution in [3.8, 4) is 0 Å². The summed E-state index contributed by atoms with van der Waals surface area (Å²) in [5, 5.41) is 6.49. The first-order valence-corrected chi connectivity index (χ1v) is 9.26. The summed E-state index contributed by atoms with van der Waals surface area (Å²) in [5.74, 6) is 1.58. The second-order valence-electron chi connectivity index (χ2n) is 7.40. The first kappa shape index (κ1) is 17.4. The molecule has 2 bridgehead atoms. The zero-order chi connectivity index (χ0) is 16.8. The van der Waals surface area contributed by atoms with Crippen LogP contribution in [0, 0.1) is 17.3 Å². The van der Waals surface area contributed by atoms with Crippen LogP contribution in [0.2, 0.25) is 0 Å². The SMILES string of the molecule is COCCNCCNC(=O)C1(Cc2ccccc2)CC2CCC1C2. The van der Waals surface area contributed by atoms with E-state index in [1.54, 1.807) is 7.11 Å². The second-order valence-corrected chi connectivity index (χ2v) is 7.40. The number of carbonyl (C=O) groups is 1. The van der Waals surface area contributed by atoms with Gasteiger partial charge >= 0.3 is 0 Å². The molecule has 24 heavy (non-hydrogen) atoms. The number of nitrogens with one attached hydrogen (secondary N) is 2. The van der Waals surface area contributed by atoms with E-state index >= 15 is 0 Å². The number of hydrogen-bond acceptors (Lipinski definition) is 3. The van der Waals surface area contributed by atoms with Crippen LogP contribution in [-0.4, -0.2) is 39.3 Å². The van der Waals surface area contributed by atoms with Gasteiger partial charge in [0, 0.05) is 26.7 Å². The maximum Gasteiger partial charge on any atom is 0.226 e. The number of amides is 1. The molecule has 3 atom stereocenters. The Morgan fingerprint density at radius 1 is 1.21 bits per heavy atom. The van der Waals surface area contributed by atoms with Crippen molar-refractivity contribution >= 4 is 5.91 Å². The first-order chi connectivity index (χ1) is 11.7. The van der Waals surface area contributed by atoms with Gasteiger partial charge in [-0.15, -0.1) is 0 Å². The van der Waals surface area contributed by atoms with Crippen molar-refractivity contribution in [3.63, 3.8) is 0 Å². The number of carbonyl (C=O) groups excluding carboxylic acids is 1. The molecule has 2 fully saturated rings. The van der Waals surface area contributed by atoms with E-state index in [0.29, 0.717) is 19.1 Å². The predicted molar refractivity (Wildman–Crippen MR) is 95.8 cm³/mol. The van der Waals surface area contributed by atoms with Gasteiger partial charge in [-0.1, -0.05) is 36.8 Å². The van der Waals surface area contributed by atoms with E-state index < -0.39 is 0 Å². The molecule has 3 rings (SSSR count). The van der Waals surface area contributed by atoms with E-state index in [9.17, 15) is 4.79 Å². The van der Waals surface area contributed by atoms with E-state index in [4.69, 9.17) is 4.74 Å². The Hall–Kier alpha value is -1.39. The van der Waals surface area contributed by atoms with Crippen LogP contribution >= 0.6 is 0 Å². The average Bonchev–Trinajstić information content (AvgIpc) is 3.20. The Kier molecular flexibility index (Phi) is 5.90. The number of hydrogen-bond donors (Lipinski definition) is 2. The van der Waals surface area contributed by atoms with Crippen molar-refractivity contribution in [1.82, 2.24) is 10.6 Å². The predicted octanol–water partition coefficient (Wildman–Crippen LogP) is 2.39. The Bertz CT molecular complexity index is 534. The monoisotopic (exact) mass is 330 g/mol. The summed E-state index contributed by atoms with van der Waals surface area (Å²) in [6.07, 6.45) is 5.73. The fourth-order valence-corrected chi connectivity index (χ4v) is 4.72. The third-order valence-corrected chi connectivity index (χ3v) is 5.86. The normalized spacial score (nSPS) is 28.2. The topological polar surface area (TPSA) is 50.4 Å². The van der Waals surface area contributed by atoms with Crippen molar-refractivity contribution in [2.75, 3.05) is 33.4 Å². The van der Waals surface area contributed by atoms with Crippen molar-refractivity contribution in [1.29, 1.82) is 0 Å². The maximum absolute atomic E-state index is 13.1. The average molecular weight is 330 g/mol. The Labute approximate surface area is 145 Å². The Morgan fingerprint density at radius 3 is 2.71 bits per heavy atom. The quantitative estimate of drug-likeness (QED) is 0.684. The summed E-state index contributed by atoms with van der Waals surface area (Å²) in [6, 6.07) is 10.5. The lowest BCUT2D eigenvalue weighted by Crippen LogP contribution is -2.47. The van der Waals surface area contributed by atoms with Crippen molar-refractivity contribution in [2.45, 2.75) is 32.1 Å². The van der Waals surface area contributed by atoms with Crippen molar-refractivity contribution in [2.24, 2.45) is 17.3 Å². The van der Waals surface area contributed by atoms with Crippen molar-refractivity contribution < 1.29 is 9.53 Å². The van der Waals surface area contributed by atoms with Gasteiger partial charge < -0.3 is 15.4 Å². The lowest BCUT2D eigenvalue weighted by atomic mass is 9.68. The van der Waals surface area contributed by atoms with Crippen LogP contribution in [-0.2, 0) is 16.0 Å². The molecular formula is C20H30N2O2. The molecule has 4 nitrogen and oxygen atoms in total. The summed E-state index contributed by atoms with van der Waals surface area (Å²) in [5.41, 5.74) is 1.11. The third kappa shape index (κ3) is 3.81. The van der Waals surface area contributed by atoms with Crippen LogP contribution in [0.25, 0.3) is 0 Å². The molecule has 2 N–H and O–H groups in total. The smallest absolute Gasteiger partial charge is 0.226 e. The van der Waals surface area contributed by atoms with E-state index in [0.717, 1.165) is 31.8 Å². The van der Waals surface area contributed by atoms with Crippen molar-refractivity contribution in [3.05, 3.63) is 35.9 Å². The van der Waals surface area contributed by atoms with Gasteiger partial charge in [0.2, 0.25) is 5.91 Å². The molecule has 2 saturated carbocycles. The van der Waals surface area contributed by atoms with Crippen LogP contribution < -0.4 is 10.6 Å². The van der Waals surface area contributed by atoms with Crippen LogP contribution in [0.1, 0.15) is 31.2 Å². The van der Waals surface area contributed by atoms with Crippen LogP contribution in [0.3, 0.4) is 0 Å². The largest absolute Gasteiger partial charge is 0.383 e. The summed E-state index contributed by atoms with van der Waals surface area (Å²) in [6.45, 7) is 3.02. The maximum atomic E-state index is 13.1. The fourth-order valence-electron chi connectivity index (χ4n) is 4.72. The highest BCUT2D eigenvalue weighted by molar-refractivity contribution is 5.84. The minimum Gasteiger partial charge on any atom is -0.383 e. The molecule has 2 aliphatic rings. The summed E-state index contributed by atoms with van der Waals surface area (Å²) in [7, 11) is 1.70. The third-order valence-electron chi connectivity index (χ3n) is 5.86. The molecule has 0 aromatic heterocycles. The van der Waals surface area contributed by atoms with Gasteiger partial charge in [0.1, 0.15) is 0 Å². The lowest BCUT2D eigenvalue weighted by molar-refractivity contribution is -0.134. The molecule has 2 aliphatic carbocycles. The standard InChI is InChI=1S/C20H30N2O2/c1-24-12-11-21-9-10-22-19(23)20(14-16-5-3-2-4-6-16)15-17-7-8-18(20)13-17/h2-6,17-18,21H,7-15H2,1H3,(H,22,23). The van der Waals surface area contributed by atoms with Crippen LogP contribution in [0.5, 0.6) is 0 Å². The number of rotatable bonds is 9. The second kappa shape index (κ2) is 8.13. The molecule has 0 aliphatic heterocycles. The highest BCUT2D eigenvalue weighted by atomic mass is 16.5. The minimum atomic E-state index is -0.184. The summed E-state index contributed by atoms with van der Waals surface area (Å²) in [4.78, 5) is 13.1. The molecule has 1 aromatic rings.